The summed E-state index contributed by atoms with van der Waals surface area (Å²) in [5, 5.41) is 19.2. The molecule has 7 heteroatoms. The summed E-state index contributed by atoms with van der Waals surface area (Å²) in [7, 11) is 0. The lowest BCUT2D eigenvalue weighted by atomic mass is 10.2. The Morgan fingerprint density at radius 3 is 2.76 bits per heavy atom. The van der Waals surface area contributed by atoms with Crippen molar-refractivity contribution >= 4 is 35.2 Å². The number of aliphatic hydroxyl groups excluding tert-OH is 1. The highest BCUT2D eigenvalue weighted by Crippen LogP contribution is 2.27. The van der Waals surface area contributed by atoms with Crippen LogP contribution < -0.4 is 0 Å². The van der Waals surface area contributed by atoms with Gasteiger partial charge in [-0.2, -0.15) is 0 Å². The number of β-amino-alcohol motifs (C(OH)–C–C–N with tert-alkyl or cyclic N) is 1. The molecule has 2 unspecified atom stereocenters. The summed E-state index contributed by atoms with van der Waals surface area (Å²) >= 11 is 7.48. The molecule has 1 heterocycles. The summed E-state index contributed by atoms with van der Waals surface area (Å²) in [6.45, 7) is 0.0898. The zero-order valence-corrected chi connectivity index (χ0v) is 12.8. The van der Waals surface area contributed by atoms with Crippen molar-refractivity contribution in [3.63, 3.8) is 0 Å². The van der Waals surface area contributed by atoms with Gasteiger partial charge in [0.05, 0.1) is 11.1 Å². The molecule has 1 aliphatic heterocycles. The van der Waals surface area contributed by atoms with Gasteiger partial charge < -0.3 is 15.1 Å². The van der Waals surface area contributed by atoms with E-state index in [0.29, 0.717) is 10.8 Å². The Labute approximate surface area is 131 Å². The minimum Gasteiger partial charge on any atom is -0.480 e. The molecule has 0 spiro atoms. The van der Waals surface area contributed by atoms with E-state index in [1.165, 1.54) is 16.7 Å². The van der Waals surface area contributed by atoms with Crippen LogP contribution in [0.2, 0.25) is 5.02 Å². The molecule has 0 radical (unpaired) electrons. The van der Waals surface area contributed by atoms with Gasteiger partial charge >= 0.3 is 5.97 Å². The first kappa shape index (κ1) is 16.1. The Morgan fingerprint density at radius 2 is 2.10 bits per heavy atom. The first-order chi connectivity index (χ1) is 9.99. The van der Waals surface area contributed by atoms with Crippen LogP contribution in [0.4, 0.5) is 0 Å². The quantitative estimate of drug-likeness (QED) is 0.806. The molecule has 114 valence electrons. The predicted molar refractivity (Wildman–Crippen MR) is 80.6 cm³/mol. The van der Waals surface area contributed by atoms with E-state index in [-0.39, 0.29) is 25.3 Å². The number of likely N-dealkylation sites (tertiary alicyclic amines) is 1. The van der Waals surface area contributed by atoms with E-state index in [4.69, 9.17) is 16.7 Å². The summed E-state index contributed by atoms with van der Waals surface area (Å²) in [5.74, 6) is -0.807. The molecule has 2 atom stereocenters. The number of hydrogen-bond donors (Lipinski definition) is 2. The Morgan fingerprint density at radius 1 is 1.38 bits per heavy atom. The lowest BCUT2D eigenvalue weighted by molar-refractivity contribution is -0.148. The van der Waals surface area contributed by atoms with Crippen LogP contribution in [0.3, 0.4) is 0 Å². The summed E-state index contributed by atoms with van der Waals surface area (Å²) in [5.41, 5.74) is 0. The van der Waals surface area contributed by atoms with Gasteiger partial charge in [0, 0.05) is 30.0 Å². The summed E-state index contributed by atoms with van der Waals surface area (Å²) in [4.78, 5) is 25.3. The third kappa shape index (κ3) is 4.12. The van der Waals surface area contributed by atoms with Gasteiger partial charge in [0.1, 0.15) is 6.04 Å². The smallest absolute Gasteiger partial charge is 0.326 e. The summed E-state index contributed by atoms with van der Waals surface area (Å²) in [6.07, 6.45) is -0.447. The number of benzene rings is 1. The minimum absolute atomic E-state index is 0.0898. The molecule has 1 fully saturated rings. The van der Waals surface area contributed by atoms with E-state index in [2.05, 4.69) is 0 Å². The SMILES string of the molecule is O=C(O)C1CC(O)CN1C(=O)CCSc1ccccc1Cl. The molecule has 0 bridgehead atoms. The van der Waals surface area contributed by atoms with E-state index in [1.807, 2.05) is 18.2 Å². The average Bonchev–Trinajstić information content (AvgIpc) is 2.83. The number of nitrogens with zero attached hydrogens (tertiary/aromatic N) is 1. The van der Waals surface area contributed by atoms with Gasteiger partial charge in [-0.05, 0) is 12.1 Å². The highest BCUT2D eigenvalue weighted by molar-refractivity contribution is 7.99. The summed E-state index contributed by atoms with van der Waals surface area (Å²) in [6, 6.07) is 6.44. The van der Waals surface area contributed by atoms with Crippen LogP contribution in [0.25, 0.3) is 0 Å². The van der Waals surface area contributed by atoms with E-state index in [0.717, 1.165) is 4.90 Å². The van der Waals surface area contributed by atoms with Crippen molar-refractivity contribution in [2.24, 2.45) is 0 Å². The van der Waals surface area contributed by atoms with Crippen molar-refractivity contribution in [2.45, 2.75) is 29.9 Å². The molecule has 1 amide bonds. The zero-order valence-electron chi connectivity index (χ0n) is 11.2. The normalized spacial score (nSPS) is 21.5. The predicted octanol–water partition coefficient (Wildman–Crippen LogP) is 1.87. The number of carboxylic acids is 1. The molecule has 1 saturated heterocycles. The van der Waals surface area contributed by atoms with E-state index >= 15 is 0 Å². The topological polar surface area (TPSA) is 77.8 Å². The molecule has 5 nitrogen and oxygen atoms in total. The molecular formula is C14H16ClNO4S. The van der Waals surface area contributed by atoms with E-state index in [1.54, 1.807) is 6.07 Å². The Kier molecular flexibility index (Phi) is 5.50. The molecule has 2 rings (SSSR count). The monoisotopic (exact) mass is 329 g/mol. The minimum atomic E-state index is -1.07. The fourth-order valence-electron chi connectivity index (χ4n) is 2.28. The largest absolute Gasteiger partial charge is 0.480 e. The zero-order chi connectivity index (χ0) is 15.4. The average molecular weight is 330 g/mol. The molecule has 0 aromatic heterocycles. The van der Waals surface area contributed by atoms with Crippen molar-refractivity contribution in [1.29, 1.82) is 0 Å². The molecule has 21 heavy (non-hydrogen) atoms. The number of aliphatic hydroxyl groups is 1. The first-order valence-corrected chi connectivity index (χ1v) is 7.93. The van der Waals surface area contributed by atoms with Crippen LogP contribution in [0.1, 0.15) is 12.8 Å². The van der Waals surface area contributed by atoms with Crippen LogP contribution in [0, 0.1) is 0 Å². The maximum atomic E-state index is 12.1. The first-order valence-electron chi connectivity index (χ1n) is 6.56. The van der Waals surface area contributed by atoms with Gasteiger partial charge in [-0.25, -0.2) is 4.79 Å². The van der Waals surface area contributed by atoms with Gasteiger partial charge in [0.15, 0.2) is 0 Å². The number of halogens is 1. The van der Waals surface area contributed by atoms with Crippen molar-refractivity contribution in [3.8, 4) is 0 Å². The van der Waals surface area contributed by atoms with Gasteiger partial charge in [-0.3, -0.25) is 4.79 Å². The van der Waals surface area contributed by atoms with Gasteiger partial charge in [0.2, 0.25) is 5.91 Å². The molecule has 0 saturated carbocycles. The van der Waals surface area contributed by atoms with Crippen LogP contribution >= 0.6 is 23.4 Å². The Bertz CT molecular complexity index is 539. The highest BCUT2D eigenvalue weighted by atomic mass is 35.5. The van der Waals surface area contributed by atoms with Crippen LogP contribution in [-0.2, 0) is 9.59 Å². The third-order valence-electron chi connectivity index (χ3n) is 3.29. The number of hydrogen-bond acceptors (Lipinski definition) is 4. The number of amides is 1. The van der Waals surface area contributed by atoms with Crippen molar-refractivity contribution < 1.29 is 19.8 Å². The van der Waals surface area contributed by atoms with Gasteiger partial charge in [-0.1, -0.05) is 23.7 Å². The highest BCUT2D eigenvalue weighted by Gasteiger charge is 2.38. The molecular weight excluding hydrogens is 314 g/mol. The lowest BCUT2D eigenvalue weighted by Gasteiger charge is -2.21. The molecule has 1 aliphatic rings. The number of carbonyl (C=O) groups excluding carboxylic acids is 1. The van der Waals surface area contributed by atoms with E-state index < -0.39 is 18.1 Å². The molecule has 2 N–H and O–H groups in total. The number of rotatable bonds is 5. The second-order valence-electron chi connectivity index (χ2n) is 4.82. The number of carbonyl (C=O) groups is 2. The Hall–Kier alpha value is -1.24. The molecule has 0 aliphatic carbocycles. The van der Waals surface area contributed by atoms with Crippen molar-refractivity contribution in [2.75, 3.05) is 12.3 Å². The second kappa shape index (κ2) is 7.15. The number of carboxylic acid groups (broad SMARTS) is 1. The standard InChI is InChI=1S/C14H16ClNO4S/c15-10-3-1-2-4-12(10)21-6-5-13(18)16-8-9(17)7-11(16)14(19)20/h1-4,9,11,17H,5-8H2,(H,19,20). The third-order valence-corrected chi connectivity index (χ3v) is 4.81. The maximum absolute atomic E-state index is 12.1. The van der Waals surface area contributed by atoms with Crippen LogP contribution in [0.5, 0.6) is 0 Å². The van der Waals surface area contributed by atoms with Crippen molar-refractivity contribution in [1.82, 2.24) is 4.90 Å². The number of aliphatic carboxylic acids is 1. The maximum Gasteiger partial charge on any atom is 0.326 e. The van der Waals surface area contributed by atoms with E-state index in [9.17, 15) is 14.7 Å². The van der Waals surface area contributed by atoms with Gasteiger partial charge in [-0.15, -0.1) is 11.8 Å². The molecule has 1 aromatic carbocycles. The second-order valence-corrected chi connectivity index (χ2v) is 6.36. The fraction of sp³-hybridized carbons (Fsp3) is 0.429. The lowest BCUT2D eigenvalue weighted by Crippen LogP contribution is -2.40. The van der Waals surface area contributed by atoms with Crippen molar-refractivity contribution in [3.05, 3.63) is 29.3 Å². The summed E-state index contributed by atoms with van der Waals surface area (Å²) < 4.78 is 0. The van der Waals surface area contributed by atoms with Crippen LogP contribution in [-0.4, -0.2) is 51.4 Å². The fourth-order valence-corrected chi connectivity index (χ4v) is 3.45. The Balaban J connectivity index is 1.87. The number of thioether (sulfide) groups is 1. The van der Waals surface area contributed by atoms with Crippen LogP contribution in [0.15, 0.2) is 29.2 Å². The molecule has 1 aromatic rings. The van der Waals surface area contributed by atoms with Gasteiger partial charge in [0.25, 0.3) is 0 Å².